The van der Waals surface area contributed by atoms with Crippen LogP contribution >= 0.6 is 0 Å². The second-order valence-electron chi connectivity index (χ2n) is 9.77. The van der Waals surface area contributed by atoms with E-state index < -0.39 is 0 Å². The Morgan fingerprint density at radius 1 is 1.18 bits per heavy atom. The summed E-state index contributed by atoms with van der Waals surface area (Å²) >= 11 is 0. The van der Waals surface area contributed by atoms with E-state index in [0.717, 1.165) is 42.6 Å². The Morgan fingerprint density at radius 2 is 1.95 bits per heavy atom. The van der Waals surface area contributed by atoms with Crippen LogP contribution in [0.2, 0.25) is 0 Å². The van der Waals surface area contributed by atoms with Gasteiger partial charge < -0.3 is 31.7 Å². The van der Waals surface area contributed by atoms with E-state index in [2.05, 4.69) is 51.8 Å². The first kappa shape index (κ1) is 27.7. The molecular weight excluding hydrogens is 492 g/mol. The molecule has 1 fully saturated rings. The van der Waals surface area contributed by atoms with Crippen molar-refractivity contribution in [3.8, 4) is 0 Å². The molecule has 2 amide bonds. The van der Waals surface area contributed by atoms with Crippen molar-refractivity contribution >= 4 is 23.5 Å². The van der Waals surface area contributed by atoms with Crippen LogP contribution < -0.4 is 27.0 Å². The number of piperidine rings is 1. The fourth-order valence-electron chi connectivity index (χ4n) is 4.32. The molecule has 6 N–H and O–H groups in total. The van der Waals surface area contributed by atoms with Gasteiger partial charge in [0.25, 0.3) is 0 Å². The van der Waals surface area contributed by atoms with Crippen LogP contribution in [0.4, 0.5) is 16.3 Å². The average molecular weight is 531 g/mol. The van der Waals surface area contributed by atoms with Crippen molar-refractivity contribution in [3.05, 3.63) is 89.9 Å². The van der Waals surface area contributed by atoms with Gasteiger partial charge in [0.2, 0.25) is 11.8 Å². The minimum absolute atomic E-state index is 0.0109. The van der Waals surface area contributed by atoms with Crippen LogP contribution in [0.1, 0.15) is 49.3 Å². The molecule has 0 saturated carbocycles. The maximum atomic E-state index is 12.6. The number of nitrogens with two attached hydrogens (primary N) is 1. The third-order valence-electron chi connectivity index (χ3n) is 6.44. The Kier molecular flexibility index (Phi) is 9.58. The number of aliphatic imine (C=N–C) groups is 1. The second-order valence-corrected chi connectivity index (χ2v) is 9.77. The van der Waals surface area contributed by atoms with Crippen molar-refractivity contribution in [2.75, 3.05) is 24.1 Å². The molecule has 0 aliphatic carbocycles. The molecule has 1 saturated heterocycles. The van der Waals surface area contributed by atoms with E-state index in [1.165, 1.54) is 0 Å². The summed E-state index contributed by atoms with van der Waals surface area (Å²) < 4.78 is 7.56. The van der Waals surface area contributed by atoms with E-state index >= 15 is 0 Å². The molecule has 3 aromatic rings. The quantitative estimate of drug-likeness (QED) is 0.161. The number of anilines is 2. The lowest BCUT2D eigenvalue weighted by Gasteiger charge is -2.24. The Hall–Kier alpha value is -4.31. The standard InChI is InChI=1S/C29H38N8O2/c1-20(2)25-19-34-37(27(25)30)28(35-21(3)39-24-13-9-15-31-18-24)32-17-23-12-7-8-14-26(23)36-29(38)33-16-22-10-5-4-6-11-22/h4-8,10-12,14,19-20,24,31H,3,9,13,15-18,30H2,1-2H3,(H,32,35)(H2,33,36,38)/t24-/m1/s1. The van der Waals surface area contributed by atoms with Gasteiger partial charge in [-0.05, 0) is 49.1 Å². The van der Waals surface area contributed by atoms with Gasteiger partial charge in [-0.3, -0.25) is 0 Å². The van der Waals surface area contributed by atoms with Crippen LogP contribution in [0.5, 0.6) is 0 Å². The second kappa shape index (κ2) is 13.5. The van der Waals surface area contributed by atoms with Crippen molar-refractivity contribution in [1.29, 1.82) is 0 Å². The number of nitrogen functional groups attached to an aromatic ring is 1. The van der Waals surface area contributed by atoms with E-state index in [9.17, 15) is 4.79 Å². The number of hydrogen-bond acceptors (Lipinski definition) is 6. The third kappa shape index (κ3) is 7.84. The maximum absolute atomic E-state index is 12.6. The number of nitrogens with zero attached hydrogens (tertiary/aromatic N) is 3. The lowest BCUT2D eigenvalue weighted by atomic mass is 10.1. The number of benzene rings is 2. The van der Waals surface area contributed by atoms with E-state index in [-0.39, 0.29) is 23.9 Å². The van der Waals surface area contributed by atoms with E-state index in [1.807, 2.05) is 54.6 Å². The highest BCUT2D eigenvalue weighted by Crippen LogP contribution is 2.22. The van der Waals surface area contributed by atoms with Gasteiger partial charge >= 0.3 is 6.03 Å². The molecule has 0 bridgehead atoms. The zero-order valence-electron chi connectivity index (χ0n) is 22.6. The fraction of sp³-hybridized carbons (Fsp3) is 0.345. The number of carbonyl (C=O) groups is 1. The summed E-state index contributed by atoms with van der Waals surface area (Å²) in [4.78, 5) is 17.2. The molecule has 0 unspecified atom stereocenters. The summed E-state index contributed by atoms with van der Waals surface area (Å²) in [6.07, 6.45) is 3.74. The maximum Gasteiger partial charge on any atom is 0.319 e. The van der Waals surface area contributed by atoms with Crippen LogP contribution in [0.15, 0.2) is 78.2 Å². The monoisotopic (exact) mass is 530 g/mol. The molecule has 1 atom stereocenters. The first-order valence-corrected chi connectivity index (χ1v) is 13.3. The van der Waals surface area contributed by atoms with Gasteiger partial charge in [-0.1, -0.05) is 62.4 Å². The largest absolute Gasteiger partial charge is 0.473 e. The zero-order valence-corrected chi connectivity index (χ0v) is 22.6. The number of amides is 2. The highest BCUT2D eigenvalue weighted by atomic mass is 16.5. The van der Waals surface area contributed by atoms with Crippen LogP contribution in [-0.2, 0) is 17.8 Å². The predicted molar refractivity (Wildman–Crippen MR) is 155 cm³/mol. The number of carbonyl (C=O) groups excluding carboxylic acids is 1. The Morgan fingerprint density at radius 3 is 2.67 bits per heavy atom. The summed E-state index contributed by atoms with van der Waals surface area (Å²) in [7, 11) is 0. The molecule has 1 aliphatic rings. The molecule has 1 aromatic heterocycles. The van der Waals surface area contributed by atoms with Gasteiger partial charge in [0, 0.05) is 30.9 Å². The highest BCUT2D eigenvalue weighted by molar-refractivity contribution is 5.90. The average Bonchev–Trinajstić information content (AvgIpc) is 3.33. The summed E-state index contributed by atoms with van der Waals surface area (Å²) in [5, 5.41) is 17.0. The number of nitrogens with one attached hydrogen (secondary N) is 4. The SMILES string of the molecule is C=C(/N=C(/NCc1ccccc1NC(=O)NCc1ccccc1)n1ncc(C(C)C)c1N)O[C@@H]1CCCNC1. The fourth-order valence-corrected chi connectivity index (χ4v) is 4.32. The molecule has 1 aliphatic heterocycles. The van der Waals surface area contributed by atoms with Gasteiger partial charge in [0.05, 0.1) is 6.20 Å². The van der Waals surface area contributed by atoms with Gasteiger partial charge in [0.1, 0.15) is 11.9 Å². The number of rotatable bonds is 9. The number of ether oxygens (including phenoxy) is 1. The Balaban J connectivity index is 1.48. The summed E-state index contributed by atoms with van der Waals surface area (Å²) in [5.41, 5.74) is 9.92. The molecule has 10 heteroatoms. The number of hydrogen-bond donors (Lipinski definition) is 5. The molecule has 0 spiro atoms. The summed E-state index contributed by atoms with van der Waals surface area (Å²) in [6.45, 7) is 10.7. The van der Waals surface area contributed by atoms with Crippen LogP contribution in [0.3, 0.4) is 0 Å². The molecule has 2 aromatic carbocycles. The van der Waals surface area contributed by atoms with Crippen molar-refractivity contribution in [2.45, 2.75) is 51.8 Å². The molecule has 10 nitrogen and oxygen atoms in total. The highest BCUT2D eigenvalue weighted by Gasteiger charge is 2.18. The lowest BCUT2D eigenvalue weighted by Crippen LogP contribution is -2.36. The van der Waals surface area contributed by atoms with Gasteiger partial charge in [-0.15, -0.1) is 0 Å². The molecule has 4 rings (SSSR count). The zero-order chi connectivity index (χ0) is 27.6. The van der Waals surface area contributed by atoms with E-state index in [0.29, 0.717) is 30.6 Å². The lowest BCUT2D eigenvalue weighted by molar-refractivity contribution is 0.0923. The topological polar surface area (TPSA) is 131 Å². The van der Waals surface area contributed by atoms with E-state index in [4.69, 9.17) is 10.5 Å². The van der Waals surface area contributed by atoms with Crippen molar-refractivity contribution < 1.29 is 9.53 Å². The van der Waals surface area contributed by atoms with Crippen LogP contribution in [0, 0.1) is 0 Å². The number of para-hydroxylation sites is 1. The van der Waals surface area contributed by atoms with Crippen molar-refractivity contribution in [2.24, 2.45) is 4.99 Å². The molecule has 2 heterocycles. The molecule has 206 valence electrons. The molecular formula is C29H38N8O2. The minimum atomic E-state index is -0.291. The van der Waals surface area contributed by atoms with Crippen LogP contribution in [0.25, 0.3) is 0 Å². The smallest absolute Gasteiger partial charge is 0.319 e. The predicted octanol–water partition coefficient (Wildman–Crippen LogP) is 4.14. The summed E-state index contributed by atoms with van der Waals surface area (Å²) in [5.74, 6) is 1.36. The van der Waals surface area contributed by atoms with Gasteiger partial charge in [-0.25, -0.2) is 4.79 Å². The number of aromatic nitrogens is 2. The van der Waals surface area contributed by atoms with Crippen molar-refractivity contribution in [3.63, 3.8) is 0 Å². The Bertz CT molecular complexity index is 1280. The van der Waals surface area contributed by atoms with Crippen LogP contribution in [-0.4, -0.2) is 41.0 Å². The van der Waals surface area contributed by atoms with Gasteiger partial charge in [-0.2, -0.15) is 14.8 Å². The van der Waals surface area contributed by atoms with E-state index in [1.54, 1.807) is 10.9 Å². The Labute approximate surface area is 229 Å². The first-order valence-electron chi connectivity index (χ1n) is 13.3. The minimum Gasteiger partial charge on any atom is -0.473 e. The van der Waals surface area contributed by atoms with Crippen molar-refractivity contribution in [1.82, 2.24) is 25.7 Å². The van der Waals surface area contributed by atoms with Gasteiger partial charge in [0.15, 0.2) is 0 Å². The first-order chi connectivity index (χ1) is 18.9. The summed E-state index contributed by atoms with van der Waals surface area (Å²) in [6, 6.07) is 17.0. The molecule has 0 radical (unpaired) electrons. The number of urea groups is 1. The molecule has 39 heavy (non-hydrogen) atoms. The normalized spacial score (nSPS) is 15.6. The third-order valence-corrected chi connectivity index (χ3v) is 6.44.